The van der Waals surface area contributed by atoms with Crippen LogP contribution in [0.4, 0.5) is 0 Å². The summed E-state index contributed by atoms with van der Waals surface area (Å²) in [6.07, 6.45) is 6.16. The molecule has 1 aromatic carbocycles. The molecule has 1 N–H and O–H groups in total. The number of amides is 1. The minimum absolute atomic E-state index is 0.0132. The van der Waals surface area contributed by atoms with Crippen LogP contribution in [0.2, 0.25) is 0 Å². The number of ether oxygens (including phenoxy) is 1. The number of hydrogen-bond donors (Lipinski definition) is 1. The Kier molecular flexibility index (Phi) is 7.59. The van der Waals surface area contributed by atoms with Gasteiger partial charge in [-0.25, -0.2) is 13.1 Å². The van der Waals surface area contributed by atoms with Crippen LogP contribution in [0.3, 0.4) is 0 Å². The maximum Gasteiger partial charge on any atom is 0.238 e. The molecule has 190 valence electrons. The highest BCUT2D eigenvalue weighted by Crippen LogP contribution is 2.44. The summed E-state index contributed by atoms with van der Waals surface area (Å²) in [5.41, 5.74) is 3.36. The molecule has 1 unspecified atom stereocenters. The largest absolute Gasteiger partial charge is 0.490 e. The van der Waals surface area contributed by atoms with E-state index < -0.39 is 21.7 Å². The molecule has 2 atom stereocenters. The van der Waals surface area contributed by atoms with Crippen molar-refractivity contribution in [3.63, 3.8) is 0 Å². The van der Waals surface area contributed by atoms with Gasteiger partial charge in [-0.05, 0) is 51.3 Å². The van der Waals surface area contributed by atoms with Crippen LogP contribution in [0.1, 0.15) is 43.7 Å². The highest BCUT2D eigenvalue weighted by molar-refractivity contribution is 7.90. The summed E-state index contributed by atoms with van der Waals surface area (Å²) in [5.74, 6) is -0.462. The minimum Gasteiger partial charge on any atom is -0.490 e. The van der Waals surface area contributed by atoms with E-state index in [1.54, 1.807) is 12.1 Å². The van der Waals surface area contributed by atoms with E-state index >= 15 is 0 Å². The summed E-state index contributed by atoms with van der Waals surface area (Å²) in [6.45, 7) is 3.82. The zero-order valence-electron chi connectivity index (χ0n) is 20.7. The Bertz CT molecular complexity index is 1370. The van der Waals surface area contributed by atoms with Gasteiger partial charge in [0.15, 0.2) is 0 Å². The highest BCUT2D eigenvalue weighted by Gasteiger charge is 2.37. The van der Waals surface area contributed by atoms with Gasteiger partial charge in [0.1, 0.15) is 27.6 Å². The lowest BCUT2D eigenvalue weighted by Gasteiger charge is -2.24. The summed E-state index contributed by atoms with van der Waals surface area (Å²) >= 11 is 1.44. The van der Waals surface area contributed by atoms with Crippen LogP contribution in [-0.2, 0) is 14.8 Å². The SMILES string of the molecule is CC(C)Oc1ccc(-c2nnc(C3=C4CC[C@H](NS(=O)(=O)CC(=O)N(C)C)C4CC=C3)s2)cc1C#N. The molecule has 0 bridgehead atoms. The first-order chi connectivity index (χ1) is 17.1. The van der Waals surface area contributed by atoms with E-state index in [4.69, 9.17) is 4.74 Å². The zero-order valence-corrected chi connectivity index (χ0v) is 22.3. The third-order valence-electron chi connectivity index (χ3n) is 6.19. The molecule has 0 radical (unpaired) electrons. The molecule has 1 amide bonds. The molecule has 4 rings (SSSR count). The molecule has 1 saturated carbocycles. The quantitative estimate of drug-likeness (QED) is 0.558. The molecule has 0 saturated heterocycles. The number of carbonyl (C=O) groups excluding carboxylic acids is 1. The van der Waals surface area contributed by atoms with Crippen molar-refractivity contribution in [2.45, 2.75) is 45.3 Å². The van der Waals surface area contributed by atoms with Crippen molar-refractivity contribution in [2.24, 2.45) is 5.92 Å². The molecular formula is C25H29N5O4S2. The molecule has 36 heavy (non-hydrogen) atoms. The van der Waals surface area contributed by atoms with Crippen LogP contribution >= 0.6 is 11.3 Å². The molecule has 9 nitrogen and oxygen atoms in total. The number of carbonyl (C=O) groups is 1. The van der Waals surface area contributed by atoms with Crippen molar-refractivity contribution in [3.8, 4) is 22.4 Å². The third kappa shape index (κ3) is 5.67. The van der Waals surface area contributed by atoms with Gasteiger partial charge in [-0.3, -0.25) is 4.79 Å². The van der Waals surface area contributed by atoms with Crippen molar-refractivity contribution < 1.29 is 17.9 Å². The molecule has 1 aromatic heterocycles. The third-order valence-corrected chi connectivity index (χ3v) is 8.48. The van der Waals surface area contributed by atoms with Crippen LogP contribution in [0.25, 0.3) is 16.1 Å². The predicted molar refractivity (Wildman–Crippen MR) is 139 cm³/mol. The van der Waals surface area contributed by atoms with Crippen LogP contribution in [0.5, 0.6) is 5.75 Å². The van der Waals surface area contributed by atoms with Crippen molar-refractivity contribution >= 4 is 32.8 Å². The van der Waals surface area contributed by atoms with Crippen LogP contribution in [0, 0.1) is 17.2 Å². The van der Waals surface area contributed by atoms with Gasteiger partial charge in [0.2, 0.25) is 15.9 Å². The number of nitrogens with zero attached hydrogens (tertiary/aromatic N) is 4. The standard InChI is InChI=1S/C25H29N5O4S2/c1-15(2)34-22-11-8-16(12-17(22)13-26)24-27-28-25(35-24)20-7-5-6-19-18(20)9-10-21(19)29-36(32,33)14-23(31)30(3)4/h5,7-8,11-12,15,19,21,29H,6,9-10,14H2,1-4H3/t19?,21-/m0/s1. The Hall–Kier alpha value is -3.07. The van der Waals surface area contributed by atoms with E-state index in [0.29, 0.717) is 22.7 Å². The van der Waals surface area contributed by atoms with Crippen molar-refractivity contribution in [3.05, 3.63) is 46.5 Å². The summed E-state index contributed by atoms with van der Waals surface area (Å²) in [4.78, 5) is 13.2. The summed E-state index contributed by atoms with van der Waals surface area (Å²) in [5, 5.41) is 19.8. The van der Waals surface area contributed by atoms with Crippen LogP contribution in [0.15, 0.2) is 35.9 Å². The van der Waals surface area contributed by atoms with E-state index in [1.807, 2.05) is 32.1 Å². The number of aromatic nitrogens is 2. The average Bonchev–Trinajstić information content (AvgIpc) is 3.46. The Labute approximate surface area is 215 Å². The first-order valence-corrected chi connectivity index (χ1v) is 14.2. The van der Waals surface area contributed by atoms with E-state index in [1.165, 1.54) is 30.3 Å². The fourth-order valence-electron chi connectivity index (χ4n) is 4.49. The fraction of sp³-hybridized carbons (Fsp3) is 0.440. The molecule has 0 spiro atoms. The monoisotopic (exact) mass is 527 g/mol. The number of sulfonamides is 1. The van der Waals surface area contributed by atoms with E-state index in [9.17, 15) is 18.5 Å². The van der Waals surface area contributed by atoms with Gasteiger partial charge in [-0.15, -0.1) is 10.2 Å². The van der Waals surface area contributed by atoms with Crippen LogP contribution < -0.4 is 9.46 Å². The van der Waals surface area contributed by atoms with Gasteiger partial charge in [-0.1, -0.05) is 29.1 Å². The highest BCUT2D eigenvalue weighted by atomic mass is 32.2. The lowest BCUT2D eigenvalue weighted by Crippen LogP contribution is -2.42. The summed E-state index contributed by atoms with van der Waals surface area (Å²) < 4.78 is 33.6. The van der Waals surface area contributed by atoms with E-state index in [2.05, 4.69) is 21.0 Å². The van der Waals surface area contributed by atoms with Gasteiger partial charge in [-0.2, -0.15) is 5.26 Å². The van der Waals surface area contributed by atoms with Crippen molar-refractivity contribution in [2.75, 3.05) is 19.8 Å². The molecule has 1 heterocycles. The van der Waals surface area contributed by atoms with Gasteiger partial charge < -0.3 is 9.64 Å². The van der Waals surface area contributed by atoms with Gasteiger partial charge in [0, 0.05) is 37.2 Å². The molecular weight excluding hydrogens is 498 g/mol. The zero-order chi connectivity index (χ0) is 26.0. The van der Waals surface area contributed by atoms with Gasteiger partial charge in [0.05, 0.1) is 11.7 Å². The summed E-state index contributed by atoms with van der Waals surface area (Å²) in [6, 6.07) is 7.33. The summed E-state index contributed by atoms with van der Waals surface area (Å²) in [7, 11) is -0.663. The predicted octanol–water partition coefficient (Wildman–Crippen LogP) is 3.36. The smallest absolute Gasteiger partial charge is 0.238 e. The normalized spacial score (nSPS) is 19.3. The first kappa shape index (κ1) is 26.0. The number of benzene rings is 1. The molecule has 2 aromatic rings. The Balaban J connectivity index is 1.55. The minimum atomic E-state index is -3.74. The number of hydrogen-bond acceptors (Lipinski definition) is 8. The maximum atomic E-state index is 12.6. The number of nitriles is 1. The Morgan fingerprint density at radius 1 is 1.31 bits per heavy atom. The molecule has 0 aliphatic heterocycles. The number of fused-ring (bicyclic) bond motifs is 1. The van der Waals surface area contributed by atoms with Crippen molar-refractivity contribution in [1.29, 1.82) is 5.26 Å². The van der Waals surface area contributed by atoms with Crippen LogP contribution in [-0.4, -0.2) is 61.4 Å². The number of rotatable bonds is 8. The Morgan fingerprint density at radius 2 is 2.06 bits per heavy atom. The van der Waals surface area contributed by atoms with E-state index in [0.717, 1.165) is 34.6 Å². The maximum absolute atomic E-state index is 12.6. The fourth-order valence-corrected chi connectivity index (χ4v) is 6.80. The van der Waals surface area contributed by atoms with Crippen molar-refractivity contribution in [1.82, 2.24) is 19.8 Å². The van der Waals surface area contributed by atoms with Gasteiger partial charge in [0.25, 0.3) is 0 Å². The topological polar surface area (TPSA) is 125 Å². The lowest BCUT2D eigenvalue weighted by atomic mass is 9.88. The second-order valence-corrected chi connectivity index (χ2v) is 12.1. The second-order valence-electron chi connectivity index (χ2n) is 9.40. The van der Waals surface area contributed by atoms with E-state index in [-0.39, 0.29) is 18.1 Å². The Morgan fingerprint density at radius 3 is 2.75 bits per heavy atom. The first-order valence-electron chi connectivity index (χ1n) is 11.7. The molecule has 2 aliphatic rings. The lowest BCUT2D eigenvalue weighted by molar-refractivity contribution is -0.125. The van der Waals surface area contributed by atoms with Gasteiger partial charge >= 0.3 is 0 Å². The number of allylic oxidation sites excluding steroid dienone is 3. The molecule has 2 aliphatic carbocycles. The number of nitrogens with one attached hydrogen (secondary N) is 1. The second kappa shape index (κ2) is 10.5. The molecule has 1 fully saturated rings. The molecule has 11 heteroatoms. The average molecular weight is 528 g/mol.